The topological polar surface area (TPSA) is 0 Å². The summed E-state index contributed by atoms with van der Waals surface area (Å²) >= 11 is 5.81. The molecule has 0 nitrogen and oxygen atoms in total. The van der Waals surface area contributed by atoms with Crippen LogP contribution in [0.25, 0.3) is 0 Å². The van der Waals surface area contributed by atoms with Crippen molar-refractivity contribution in [3.05, 3.63) is 46.8 Å². The van der Waals surface area contributed by atoms with Crippen molar-refractivity contribution in [3.8, 4) is 0 Å². The Hall–Kier alpha value is -0.820. The second-order valence-electron chi connectivity index (χ2n) is 8.28. The standard InChI is InChI=1S/C23H32ClF/c1-2-3-17-4-6-18(7-5-17)8-9-19-10-12-20(13-11-19)21-14-15-22(24)23(25)16-21/h2-3,14-20H,4-13H2,1H3. The smallest absolute Gasteiger partial charge is 0.142 e. The van der Waals surface area contributed by atoms with Gasteiger partial charge in [0.05, 0.1) is 5.02 Å². The fraction of sp³-hybridized carbons (Fsp3) is 0.652. The Balaban J connectivity index is 1.39. The lowest BCUT2D eigenvalue weighted by molar-refractivity contribution is 0.246. The molecule has 0 aliphatic heterocycles. The van der Waals surface area contributed by atoms with E-state index in [-0.39, 0.29) is 10.8 Å². The molecule has 3 rings (SSSR count). The van der Waals surface area contributed by atoms with E-state index in [2.05, 4.69) is 19.1 Å². The first kappa shape index (κ1) is 19.0. The first-order valence-electron chi connectivity index (χ1n) is 10.2. The molecule has 0 atom stereocenters. The molecule has 0 unspecified atom stereocenters. The molecule has 2 aliphatic rings. The highest BCUT2D eigenvalue weighted by Crippen LogP contribution is 2.40. The third-order valence-corrected chi connectivity index (χ3v) is 6.91. The SMILES string of the molecule is CC=CC1CCC(CCC2CCC(c3ccc(Cl)c(F)c3)CC2)CC1. The lowest BCUT2D eigenvalue weighted by Gasteiger charge is -2.31. The summed E-state index contributed by atoms with van der Waals surface area (Å²) in [5, 5.41) is 0.238. The summed E-state index contributed by atoms with van der Waals surface area (Å²) in [6.07, 6.45) is 18.1. The summed E-state index contributed by atoms with van der Waals surface area (Å²) in [5.41, 5.74) is 1.14. The quantitative estimate of drug-likeness (QED) is 0.466. The van der Waals surface area contributed by atoms with Crippen molar-refractivity contribution in [1.29, 1.82) is 0 Å². The predicted octanol–water partition coefficient (Wildman–Crippen LogP) is 7.92. The van der Waals surface area contributed by atoms with Crippen LogP contribution < -0.4 is 0 Å². The monoisotopic (exact) mass is 362 g/mol. The molecule has 0 spiro atoms. The van der Waals surface area contributed by atoms with Crippen LogP contribution in [0.15, 0.2) is 30.4 Å². The second kappa shape index (κ2) is 9.21. The first-order valence-corrected chi connectivity index (χ1v) is 10.6. The van der Waals surface area contributed by atoms with E-state index in [4.69, 9.17) is 11.6 Å². The van der Waals surface area contributed by atoms with Gasteiger partial charge in [0.1, 0.15) is 5.82 Å². The van der Waals surface area contributed by atoms with E-state index >= 15 is 0 Å². The average molecular weight is 363 g/mol. The zero-order chi connectivity index (χ0) is 17.6. The van der Waals surface area contributed by atoms with Gasteiger partial charge < -0.3 is 0 Å². The van der Waals surface area contributed by atoms with Gasteiger partial charge in [0.25, 0.3) is 0 Å². The van der Waals surface area contributed by atoms with Gasteiger partial charge in [-0.3, -0.25) is 0 Å². The largest absolute Gasteiger partial charge is 0.205 e. The van der Waals surface area contributed by atoms with E-state index in [1.54, 1.807) is 12.1 Å². The highest BCUT2D eigenvalue weighted by atomic mass is 35.5. The van der Waals surface area contributed by atoms with Gasteiger partial charge in [-0.15, -0.1) is 0 Å². The number of benzene rings is 1. The number of hydrogen-bond acceptors (Lipinski definition) is 0. The molecule has 0 aromatic heterocycles. The van der Waals surface area contributed by atoms with Gasteiger partial charge in [0.2, 0.25) is 0 Å². The van der Waals surface area contributed by atoms with E-state index in [0.29, 0.717) is 5.92 Å². The van der Waals surface area contributed by atoms with Crippen LogP contribution in [-0.2, 0) is 0 Å². The summed E-state index contributed by atoms with van der Waals surface area (Å²) in [4.78, 5) is 0. The number of halogens is 2. The molecular weight excluding hydrogens is 331 g/mol. The van der Waals surface area contributed by atoms with Crippen molar-refractivity contribution in [3.63, 3.8) is 0 Å². The highest BCUT2D eigenvalue weighted by molar-refractivity contribution is 6.30. The molecule has 1 aromatic rings. The Morgan fingerprint density at radius 3 is 2.12 bits per heavy atom. The lowest BCUT2D eigenvalue weighted by Crippen LogP contribution is -2.17. The molecule has 138 valence electrons. The molecule has 0 heterocycles. The summed E-state index contributed by atoms with van der Waals surface area (Å²) < 4.78 is 13.7. The van der Waals surface area contributed by atoms with Crippen molar-refractivity contribution in [2.45, 2.75) is 77.0 Å². The molecule has 1 aromatic carbocycles. The summed E-state index contributed by atoms with van der Waals surface area (Å²) in [6, 6.07) is 5.37. The van der Waals surface area contributed by atoms with Gasteiger partial charge in [-0.1, -0.05) is 42.7 Å². The highest BCUT2D eigenvalue weighted by Gasteiger charge is 2.25. The average Bonchev–Trinajstić information content (AvgIpc) is 2.64. The summed E-state index contributed by atoms with van der Waals surface area (Å²) in [5.74, 6) is 2.96. The Kier molecular flexibility index (Phi) is 6.99. The van der Waals surface area contributed by atoms with E-state index in [0.717, 1.165) is 23.3 Å². The first-order chi connectivity index (χ1) is 12.2. The third-order valence-electron chi connectivity index (χ3n) is 6.60. The normalized spacial score (nSPS) is 30.7. The molecule has 0 radical (unpaired) electrons. The van der Waals surface area contributed by atoms with Gasteiger partial charge in [-0.25, -0.2) is 4.39 Å². The van der Waals surface area contributed by atoms with Crippen molar-refractivity contribution >= 4 is 11.6 Å². The number of allylic oxidation sites excluding steroid dienone is 2. The van der Waals surface area contributed by atoms with Crippen LogP contribution in [-0.4, -0.2) is 0 Å². The van der Waals surface area contributed by atoms with Crippen LogP contribution in [0.4, 0.5) is 4.39 Å². The van der Waals surface area contributed by atoms with Gasteiger partial charge >= 0.3 is 0 Å². The second-order valence-corrected chi connectivity index (χ2v) is 8.68. The maximum Gasteiger partial charge on any atom is 0.142 e. The van der Waals surface area contributed by atoms with Gasteiger partial charge in [0, 0.05) is 0 Å². The van der Waals surface area contributed by atoms with Crippen LogP contribution in [0.3, 0.4) is 0 Å². The van der Waals surface area contributed by atoms with Crippen molar-refractivity contribution < 1.29 is 4.39 Å². The molecule has 0 amide bonds. The fourth-order valence-corrected chi connectivity index (χ4v) is 5.08. The van der Waals surface area contributed by atoms with E-state index in [9.17, 15) is 4.39 Å². The van der Waals surface area contributed by atoms with Gasteiger partial charge in [-0.05, 0) is 99.7 Å². The van der Waals surface area contributed by atoms with E-state index in [1.807, 2.05) is 6.07 Å². The van der Waals surface area contributed by atoms with Crippen LogP contribution in [0, 0.1) is 23.6 Å². The van der Waals surface area contributed by atoms with E-state index in [1.165, 1.54) is 64.2 Å². The van der Waals surface area contributed by atoms with Crippen LogP contribution in [0.5, 0.6) is 0 Å². The fourth-order valence-electron chi connectivity index (χ4n) is 4.96. The molecule has 25 heavy (non-hydrogen) atoms. The minimum absolute atomic E-state index is 0.238. The minimum atomic E-state index is -0.269. The summed E-state index contributed by atoms with van der Waals surface area (Å²) in [7, 11) is 0. The van der Waals surface area contributed by atoms with E-state index < -0.39 is 0 Å². The Labute approximate surface area is 157 Å². The molecule has 2 aliphatic carbocycles. The molecular formula is C23H32ClF. The van der Waals surface area contributed by atoms with Crippen LogP contribution in [0.2, 0.25) is 5.02 Å². The molecule has 0 saturated heterocycles. The Bertz CT molecular complexity index is 563. The predicted molar refractivity (Wildman–Crippen MR) is 106 cm³/mol. The van der Waals surface area contributed by atoms with Crippen LogP contribution >= 0.6 is 11.6 Å². The molecule has 2 saturated carbocycles. The lowest BCUT2D eigenvalue weighted by atomic mass is 9.74. The number of hydrogen-bond donors (Lipinski definition) is 0. The maximum absolute atomic E-state index is 13.7. The van der Waals surface area contributed by atoms with Crippen LogP contribution in [0.1, 0.15) is 82.6 Å². The molecule has 2 heteroatoms. The maximum atomic E-state index is 13.7. The zero-order valence-electron chi connectivity index (χ0n) is 15.5. The number of rotatable bonds is 5. The Morgan fingerprint density at radius 2 is 1.56 bits per heavy atom. The molecule has 0 N–H and O–H groups in total. The minimum Gasteiger partial charge on any atom is -0.205 e. The van der Waals surface area contributed by atoms with Gasteiger partial charge in [0.15, 0.2) is 0 Å². The van der Waals surface area contributed by atoms with Crippen molar-refractivity contribution in [2.75, 3.05) is 0 Å². The van der Waals surface area contributed by atoms with Gasteiger partial charge in [-0.2, -0.15) is 0 Å². The van der Waals surface area contributed by atoms with Crippen molar-refractivity contribution in [1.82, 2.24) is 0 Å². The molecule has 0 bridgehead atoms. The Morgan fingerprint density at radius 1 is 0.960 bits per heavy atom. The third kappa shape index (κ3) is 5.33. The zero-order valence-corrected chi connectivity index (χ0v) is 16.3. The van der Waals surface area contributed by atoms with Crippen molar-refractivity contribution in [2.24, 2.45) is 17.8 Å². The summed E-state index contributed by atoms with van der Waals surface area (Å²) in [6.45, 7) is 2.14. The molecule has 2 fully saturated rings.